The van der Waals surface area contributed by atoms with Crippen LogP contribution in [0.15, 0.2) is 60.5 Å². The van der Waals surface area contributed by atoms with Gasteiger partial charge in [-0.25, -0.2) is 4.79 Å². The first-order valence-electron chi connectivity index (χ1n) is 10.7. The van der Waals surface area contributed by atoms with Crippen molar-refractivity contribution in [2.45, 2.75) is 31.0 Å². The number of ether oxygens (including phenoxy) is 2. The molecule has 0 radical (unpaired) electrons. The van der Waals surface area contributed by atoms with E-state index in [0.29, 0.717) is 17.4 Å². The highest BCUT2D eigenvalue weighted by atomic mass is 32.1. The van der Waals surface area contributed by atoms with Crippen molar-refractivity contribution in [2.75, 3.05) is 32.8 Å². The summed E-state index contributed by atoms with van der Waals surface area (Å²) < 4.78 is 12.7. The molecule has 160 valence electrons. The molecule has 6 heteroatoms. The summed E-state index contributed by atoms with van der Waals surface area (Å²) in [4.78, 5) is 13.4. The van der Waals surface area contributed by atoms with Crippen LogP contribution in [0.25, 0.3) is 0 Å². The van der Waals surface area contributed by atoms with E-state index >= 15 is 0 Å². The normalized spacial score (nSPS) is 27.2. The van der Waals surface area contributed by atoms with Gasteiger partial charge in [0.1, 0.15) is 12.3 Å². The number of rotatable bonds is 9. The molecule has 0 spiro atoms. The zero-order chi connectivity index (χ0) is 21.0. The molecular weight excluding hydrogens is 398 g/mol. The van der Waals surface area contributed by atoms with Crippen molar-refractivity contribution in [2.24, 2.45) is 5.92 Å². The lowest BCUT2D eigenvalue weighted by Crippen LogP contribution is -2.65. The summed E-state index contributed by atoms with van der Waals surface area (Å²) in [6.07, 6.45) is 4.22. The Morgan fingerprint density at radius 1 is 1.23 bits per heavy atom. The minimum atomic E-state index is -1.77. The number of hydrogen-bond donors (Lipinski definition) is 1. The fourth-order valence-electron chi connectivity index (χ4n) is 4.78. The second-order valence-corrected chi connectivity index (χ2v) is 9.39. The van der Waals surface area contributed by atoms with E-state index in [1.165, 1.54) is 17.4 Å². The number of para-hydroxylation sites is 1. The molecule has 5 nitrogen and oxygen atoms in total. The Labute approximate surface area is 182 Å². The highest BCUT2D eigenvalue weighted by Crippen LogP contribution is 2.37. The smallest absolute Gasteiger partial charge is 0.348 e. The number of hydrogen-bond acceptors (Lipinski definition) is 5. The summed E-state index contributed by atoms with van der Waals surface area (Å²) >= 11 is 1.33. The molecule has 1 aromatic heterocycles. The molecule has 0 saturated carbocycles. The van der Waals surface area contributed by atoms with Crippen molar-refractivity contribution in [3.63, 3.8) is 0 Å². The van der Waals surface area contributed by atoms with Crippen LogP contribution < -0.4 is 4.74 Å². The van der Waals surface area contributed by atoms with Crippen LogP contribution in [0.4, 0.5) is 0 Å². The van der Waals surface area contributed by atoms with Crippen molar-refractivity contribution in [1.82, 2.24) is 0 Å². The third-order valence-corrected chi connectivity index (χ3v) is 7.59. The Balaban J connectivity index is 1.34. The predicted molar refractivity (Wildman–Crippen MR) is 117 cm³/mol. The third kappa shape index (κ3) is 4.31. The van der Waals surface area contributed by atoms with Gasteiger partial charge in [0.15, 0.2) is 6.10 Å². The number of esters is 1. The maximum absolute atomic E-state index is 12.9. The van der Waals surface area contributed by atoms with Crippen molar-refractivity contribution in [3.05, 3.63) is 65.4 Å². The van der Waals surface area contributed by atoms with Crippen LogP contribution in [0.3, 0.4) is 0 Å². The third-order valence-electron chi connectivity index (χ3n) is 6.59. The van der Waals surface area contributed by atoms with Gasteiger partial charge in [-0.2, -0.15) is 0 Å². The Kier molecular flexibility index (Phi) is 6.27. The van der Waals surface area contributed by atoms with E-state index in [-0.39, 0.29) is 6.10 Å². The van der Waals surface area contributed by atoms with Gasteiger partial charge in [0.2, 0.25) is 5.60 Å². The Morgan fingerprint density at radius 3 is 2.67 bits per heavy atom. The first-order valence-corrected chi connectivity index (χ1v) is 11.6. The van der Waals surface area contributed by atoms with E-state index < -0.39 is 11.6 Å². The van der Waals surface area contributed by atoms with Crippen LogP contribution in [0, 0.1) is 5.92 Å². The first-order chi connectivity index (χ1) is 14.5. The summed E-state index contributed by atoms with van der Waals surface area (Å²) in [6, 6.07) is 13.4. The summed E-state index contributed by atoms with van der Waals surface area (Å²) in [5, 5.41) is 12.7. The van der Waals surface area contributed by atoms with Crippen molar-refractivity contribution < 1.29 is 23.9 Å². The van der Waals surface area contributed by atoms with E-state index in [4.69, 9.17) is 9.47 Å². The van der Waals surface area contributed by atoms with Crippen LogP contribution in [0.2, 0.25) is 0 Å². The maximum Gasteiger partial charge on any atom is 0.348 e. The van der Waals surface area contributed by atoms with Gasteiger partial charge in [-0.15, -0.1) is 11.3 Å². The largest absolute Gasteiger partial charge is 0.493 e. The number of quaternary nitrogens is 1. The fraction of sp³-hybridized carbons (Fsp3) is 0.458. The minimum absolute atomic E-state index is 0.151. The number of fused-ring (bicyclic) bond motifs is 3. The number of aliphatic hydroxyl groups is 1. The minimum Gasteiger partial charge on any atom is -0.493 e. The van der Waals surface area contributed by atoms with Gasteiger partial charge in [0.25, 0.3) is 0 Å². The summed E-state index contributed by atoms with van der Waals surface area (Å²) in [6.45, 7) is 8.45. The highest BCUT2D eigenvalue weighted by molar-refractivity contribution is 7.10. The average Bonchev–Trinajstić information content (AvgIpc) is 3.33. The van der Waals surface area contributed by atoms with Gasteiger partial charge in [-0.1, -0.05) is 30.8 Å². The molecule has 1 unspecified atom stereocenters. The van der Waals surface area contributed by atoms with E-state index in [1.807, 2.05) is 41.8 Å². The van der Waals surface area contributed by atoms with Crippen LogP contribution >= 0.6 is 11.3 Å². The molecule has 5 rings (SSSR count). The van der Waals surface area contributed by atoms with Crippen molar-refractivity contribution >= 4 is 17.3 Å². The lowest BCUT2D eigenvalue weighted by molar-refractivity contribution is -0.946. The van der Waals surface area contributed by atoms with E-state index in [9.17, 15) is 9.90 Å². The SMILES string of the molecule is C=CC(O)(C(=O)O[C@H]1C[N+]2(CCCOc3ccccc3)CCC1CC2)c1cccs1. The van der Waals surface area contributed by atoms with Crippen LogP contribution in [0.1, 0.15) is 24.1 Å². The molecule has 2 atom stereocenters. The van der Waals surface area contributed by atoms with Crippen LogP contribution in [-0.2, 0) is 15.1 Å². The second-order valence-electron chi connectivity index (χ2n) is 8.44. The van der Waals surface area contributed by atoms with Gasteiger partial charge in [-0.3, -0.25) is 0 Å². The lowest BCUT2D eigenvalue weighted by Gasteiger charge is -2.52. The maximum atomic E-state index is 12.9. The number of carbonyl (C=O) groups is 1. The molecular formula is C24H30NO4S+. The quantitative estimate of drug-likeness (QED) is 0.286. The van der Waals surface area contributed by atoms with Gasteiger partial charge in [0, 0.05) is 25.2 Å². The number of benzene rings is 1. The topological polar surface area (TPSA) is 55.8 Å². The monoisotopic (exact) mass is 428 g/mol. The van der Waals surface area contributed by atoms with Gasteiger partial charge >= 0.3 is 5.97 Å². The van der Waals surface area contributed by atoms with Gasteiger partial charge in [-0.05, 0) is 29.7 Å². The van der Waals surface area contributed by atoms with E-state index in [2.05, 4.69) is 6.58 Å². The molecule has 0 amide bonds. The zero-order valence-corrected chi connectivity index (χ0v) is 18.1. The van der Waals surface area contributed by atoms with Crippen LogP contribution in [0.5, 0.6) is 5.75 Å². The molecule has 4 heterocycles. The molecule has 3 saturated heterocycles. The Hall–Kier alpha value is -2.15. The molecule has 30 heavy (non-hydrogen) atoms. The fourth-order valence-corrected chi connectivity index (χ4v) is 5.59. The predicted octanol–water partition coefficient (Wildman–Crippen LogP) is 3.74. The second kappa shape index (κ2) is 8.92. The Bertz CT molecular complexity index is 845. The first kappa shape index (κ1) is 21.1. The number of thiophene rings is 1. The van der Waals surface area contributed by atoms with Gasteiger partial charge in [0.05, 0.1) is 31.1 Å². The highest BCUT2D eigenvalue weighted by Gasteiger charge is 2.49. The molecule has 1 N–H and O–H groups in total. The molecule has 2 bridgehead atoms. The number of piperidine rings is 3. The molecule has 3 aliphatic rings. The molecule has 3 aliphatic heterocycles. The summed E-state index contributed by atoms with van der Waals surface area (Å²) in [5.74, 6) is 0.676. The van der Waals surface area contributed by atoms with Crippen molar-refractivity contribution in [3.8, 4) is 5.75 Å². The van der Waals surface area contributed by atoms with Crippen LogP contribution in [-0.4, -0.2) is 54.4 Å². The van der Waals surface area contributed by atoms with Gasteiger partial charge < -0.3 is 19.1 Å². The lowest BCUT2D eigenvalue weighted by atomic mass is 9.83. The van der Waals surface area contributed by atoms with E-state index in [0.717, 1.165) is 55.7 Å². The molecule has 1 aromatic carbocycles. The zero-order valence-electron chi connectivity index (χ0n) is 17.2. The van der Waals surface area contributed by atoms with E-state index in [1.54, 1.807) is 6.07 Å². The standard InChI is InChI=1S/C24H30NO4S/c1-2-24(27,22-10-6-17-30-22)23(26)29-21-18-25(14-11-19(21)12-15-25)13-7-16-28-20-8-4-3-5-9-20/h2-6,8-10,17,19,21,27H,1,7,11-16,18H2/q+1/t19?,21-,24?,25?/m0/s1. The number of nitrogens with zero attached hydrogens (tertiary/aromatic N) is 1. The van der Waals surface area contributed by atoms with Crippen molar-refractivity contribution in [1.29, 1.82) is 0 Å². The molecule has 0 aliphatic carbocycles. The molecule has 3 fully saturated rings. The average molecular weight is 429 g/mol. The molecule has 2 aromatic rings. The summed E-state index contributed by atoms with van der Waals surface area (Å²) in [5.41, 5.74) is -1.77. The Morgan fingerprint density at radius 2 is 2.00 bits per heavy atom. The summed E-state index contributed by atoms with van der Waals surface area (Å²) in [7, 11) is 0. The number of carbonyl (C=O) groups excluding carboxylic acids is 1.